The number of hydrogen-bond donors (Lipinski definition) is 0. The highest BCUT2D eigenvalue weighted by atomic mass is 15.2. The smallest absolute Gasteiger partial charge is 0.0387 e. The van der Waals surface area contributed by atoms with E-state index in [0.29, 0.717) is 0 Å². The normalized spacial score (nSPS) is 22.1. The summed E-state index contributed by atoms with van der Waals surface area (Å²) in [6.45, 7) is 7.41. The second-order valence-corrected chi connectivity index (χ2v) is 5.84. The molecular weight excluding hydrogens is 222 g/mol. The van der Waals surface area contributed by atoms with E-state index >= 15 is 0 Å². The topological polar surface area (TPSA) is 11.4 Å². The predicted molar refractivity (Wildman–Crippen MR) is 74.4 cm³/mol. The van der Waals surface area contributed by atoms with Crippen molar-refractivity contribution >= 4 is 0 Å². The first kappa shape index (κ1) is 12.2. The molecule has 0 atom stereocenters. The minimum atomic E-state index is 1.14. The molecule has 0 N–H and O–H groups in total. The molecule has 0 bridgehead atoms. The highest BCUT2D eigenvalue weighted by Gasteiger charge is 2.16. The van der Waals surface area contributed by atoms with Gasteiger partial charge in [-0.25, -0.2) is 0 Å². The monoisotopic (exact) mass is 247 g/mol. The van der Waals surface area contributed by atoms with Crippen molar-refractivity contribution in [2.75, 3.05) is 26.2 Å². The van der Waals surface area contributed by atoms with Crippen LogP contribution in [0.2, 0.25) is 0 Å². The molecule has 3 heterocycles. The van der Waals surface area contributed by atoms with Gasteiger partial charge in [0.2, 0.25) is 0 Å². The van der Waals surface area contributed by atoms with Gasteiger partial charge in [0.25, 0.3) is 0 Å². The summed E-state index contributed by atoms with van der Waals surface area (Å²) < 4.78 is 2.41. The van der Waals surface area contributed by atoms with Gasteiger partial charge < -0.3 is 4.57 Å². The molecule has 18 heavy (non-hydrogen) atoms. The Kier molecular flexibility index (Phi) is 3.71. The van der Waals surface area contributed by atoms with E-state index in [1.54, 1.807) is 0 Å². The van der Waals surface area contributed by atoms with E-state index in [2.05, 4.69) is 33.5 Å². The first-order valence-corrected chi connectivity index (χ1v) is 7.41. The van der Waals surface area contributed by atoms with Gasteiger partial charge in [-0.05, 0) is 64.0 Å². The van der Waals surface area contributed by atoms with Crippen LogP contribution in [0.3, 0.4) is 0 Å². The minimum Gasteiger partial charge on any atom is -0.349 e. The highest BCUT2D eigenvalue weighted by molar-refractivity contribution is 5.16. The van der Waals surface area contributed by atoms with E-state index < -0.39 is 0 Å². The summed E-state index contributed by atoms with van der Waals surface area (Å²) in [6, 6.07) is 4.65. The molecule has 0 radical (unpaired) electrons. The molecular formula is C15H25N3. The molecule has 3 nitrogen and oxygen atoms in total. The van der Waals surface area contributed by atoms with E-state index in [4.69, 9.17) is 0 Å². The summed E-state index contributed by atoms with van der Waals surface area (Å²) in [5.41, 5.74) is 2.96. The zero-order valence-corrected chi connectivity index (χ0v) is 11.6. The molecule has 0 saturated carbocycles. The Morgan fingerprint density at radius 2 is 1.17 bits per heavy atom. The van der Waals surface area contributed by atoms with Crippen molar-refractivity contribution in [1.82, 2.24) is 14.4 Å². The van der Waals surface area contributed by atoms with Gasteiger partial charge in [0.1, 0.15) is 0 Å². The zero-order chi connectivity index (χ0) is 12.4. The summed E-state index contributed by atoms with van der Waals surface area (Å²) in [6.07, 6.45) is 5.52. The molecule has 2 aliphatic heterocycles. The second kappa shape index (κ2) is 5.45. The van der Waals surface area contributed by atoms with Gasteiger partial charge in [0, 0.05) is 31.5 Å². The van der Waals surface area contributed by atoms with Gasteiger partial charge >= 0.3 is 0 Å². The van der Waals surface area contributed by atoms with Gasteiger partial charge in [-0.15, -0.1) is 0 Å². The predicted octanol–water partition coefficient (Wildman–Crippen LogP) is 2.22. The Bertz CT molecular complexity index is 349. The largest absolute Gasteiger partial charge is 0.349 e. The lowest BCUT2D eigenvalue weighted by molar-refractivity contribution is 0.312. The summed E-state index contributed by atoms with van der Waals surface area (Å²) in [5, 5.41) is 0. The number of hydrogen-bond acceptors (Lipinski definition) is 2. The molecule has 1 aromatic heterocycles. The minimum absolute atomic E-state index is 1.14. The standard InChI is InChI=1S/C15H25N3/c1-16-14(12-17-8-2-3-9-17)6-7-15(16)13-18-10-4-5-11-18/h6-7H,2-5,8-13H2,1H3. The maximum absolute atomic E-state index is 2.58. The molecule has 0 aliphatic carbocycles. The average molecular weight is 247 g/mol. The van der Waals surface area contributed by atoms with E-state index in [-0.39, 0.29) is 0 Å². The van der Waals surface area contributed by atoms with E-state index in [1.165, 1.54) is 63.3 Å². The molecule has 2 saturated heterocycles. The third-order valence-electron chi connectivity index (χ3n) is 4.50. The van der Waals surface area contributed by atoms with Crippen molar-refractivity contribution in [3.8, 4) is 0 Å². The molecule has 0 amide bonds. The van der Waals surface area contributed by atoms with Crippen molar-refractivity contribution in [3.63, 3.8) is 0 Å². The fourth-order valence-electron chi connectivity index (χ4n) is 3.26. The quantitative estimate of drug-likeness (QED) is 0.808. The Morgan fingerprint density at radius 1 is 0.778 bits per heavy atom. The summed E-state index contributed by atoms with van der Waals surface area (Å²) in [5.74, 6) is 0. The lowest BCUT2D eigenvalue weighted by Gasteiger charge is -2.18. The zero-order valence-electron chi connectivity index (χ0n) is 11.6. The third kappa shape index (κ3) is 2.62. The summed E-state index contributed by atoms with van der Waals surface area (Å²) >= 11 is 0. The molecule has 3 rings (SSSR count). The Balaban J connectivity index is 1.63. The lowest BCUT2D eigenvalue weighted by Crippen LogP contribution is -2.22. The van der Waals surface area contributed by atoms with Crippen molar-refractivity contribution in [2.24, 2.45) is 7.05 Å². The van der Waals surface area contributed by atoms with Crippen LogP contribution in [0, 0.1) is 0 Å². The fraction of sp³-hybridized carbons (Fsp3) is 0.733. The van der Waals surface area contributed by atoms with Gasteiger partial charge in [-0.3, -0.25) is 9.80 Å². The van der Waals surface area contributed by atoms with Gasteiger partial charge in [0.05, 0.1) is 0 Å². The Labute approximate surface area is 110 Å². The fourth-order valence-corrected chi connectivity index (χ4v) is 3.26. The Morgan fingerprint density at radius 3 is 1.56 bits per heavy atom. The van der Waals surface area contributed by atoms with Gasteiger partial charge in [-0.2, -0.15) is 0 Å². The molecule has 0 spiro atoms. The summed E-state index contributed by atoms with van der Waals surface area (Å²) in [7, 11) is 2.23. The van der Waals surface area contributed by atoms with Crippen LogP contribution in [0.1, 0.15) is 37.1 Å². The van der Waals surface area contributed by atoms with Gasteiger partial charge in [-0.1, -0.05) is 0 Å². The van der Waals surface area contributed by atoms with Crippen LogP contribution in [-0.4, -0.2) is 40.5 Å². The van der Waals surface area contributed by atoms with Crippen LogP contribution in [0.5, 0.6) is 0 Å². The van der Waals surface area contributed by atoms with Crippen LogP contribution in [0.15, 0.2) is 12.1 Å². The number of nitrogens with zero attached hydrogens (tertiary/aromatic N) is 3. The maximum atomic E-state index is 2.58. The third-order valence-corrected chi connectivity index (χ3v) is 4.50. The second-order valence-electron chi connectivity index (χ2n) is 5.84. The van der Waals surface area contributed by atoms with Crippen molar-refractivity contribution in [1.29, 1.82) is 0 Å². The van der Waals surface area contributed by atoms with Crippen LogP contribution in [0.4, 0.5) is 0 Å². The van der Waals surface area contributed by atoms with Crippen LogP contribution >= 0.6 is 0 Å². The molecule has 0 aromatic carbocycles. The van der Waals surface area contributed by atoms with Crippen LogP contribution in [0.25, 0.3) is 0 Å². The average Bonchev–Trinajstić information content (AvgIpc) is 3.08. The lowest BCUT2D eigenvalue weighted by atomic mass is 10.4. The van der Waals surface area contributed by atoms with Crippen molar-refractivity contribution in [3.05, 3.63) is 23.5 Å². The highest BCUT2D eigenvalue weighted by Crippen LogP contribution is 2.17. The number of rotatable bonds is 4. The van der Waals surface area contributed by atoms with Crippen LogP contribution < -0.4 is 0 Å². The first-order valence-electron chi connectivity index (χ1n) is 7.41. The number of aromatic nitrogens is 1. The van der Waals surface area contributed by atoms with Crippen LogP contribution in [-0.2, 0) is 20.1 Å². The molecule has 2 fully saturated rings. The molecule has 3 heteroatoms. The SMILES string of the molecule is Cn1c(CN2CCCC2)ccc1CN1CCCC1. The van der Waals surface area contributed by atoms with E-state index in [1.807, 2.05) is 0 Å². The maximum Gasteiger partial charge on any atom is 0.0387 e. The van der Waals surface area contributed by atoms with E-state index in [0.717, 1.165) is 13.1 Å². The van der Waals surface area contributed by atoms with Gasteiger partial charge in [0.15, 0.2) is 0 Å². The Hall–Kier alpha value is -0.800. The molecule has 0 unspecified atom stereocenters. The van der Waals surface area contributed by atoms with Crippen molar-refractivity contribution < 1.29 is 0 Å². The van der Waals surface area contributed by atoms with E-state index in [9.17, 15) is 0 Å². The molecule has 1 aromatic rings. The molecule has 2 aliphatic rings. The molecule has 100 valence electrons. The summed E-state index contributed by atoms with van der Waals surface area (Å²) in [4.78, 5) is 5.16. The number of likely N-dealkylation sites (tertiary alicyclic amines) is 2. The first-order chi connectivity index (χ1) is 8.83. The van der Waals surface area contributed by atoms with Crippen molar-refractivity contribution in [2.45, 2.75) is 38.8 Å².